The Balaban J connectivity index is 2.01. The molecule has 0 heterocycles. The van der Waals surface area contributed by atoms with Crippen LogP contribution in [-0.4, -0.2) is 12.9 Å². The summed E-state index contributed by atoms with van der Waals surface area (Å²) < 4.78 is 11.6. The standard InChI is InChI=1S/C27H28O3/c1-6-18(2)22-12-13-23(25(15-22)20(4)28)24-16-26(29-5)27(14-19(24)3)30-17-21-10-8-7-9-11-21/h6-16H,17H2,1-5H3/b18-6+. The molecule has 3 aromatic carbocycles. The molecule has 0 amide bonds. The molecule has 0 fully saturated rings. The van der Waals surface area contributed by atoms with Crippen LogP contribution in [0, 0.1) is 6.92 Å². The van der Waals surface area contributed by atoms with Crippen LogP contribution in [-0.2, 0) is 6.61 Å². The van der Waals surface area contributed by atoms with Crippen molar-refractivity contribution >= 4 is 11.4 Å². The monoisotopic (exact) mass is 400 g/mol. The van der Waals surface area contributed by atoms with E-state index in [0.717, 1.165) is 33.4 Å². The fourth-order valence-electron chi connectivity index (χ4n) is 3.44. The van der Waals surface area contributed by atoms with Gasteiger partial charge in [0.15, 0.2) is 17.3 Å². The molecule has 0 atom stereocenters. The van der Waals surface area contributed by atoms with Crippen LogP contribution in [0.15, 0.2) is 66.7 Å². The maximum atomic E-state index is 12.4. The van der Waals surface area contributed by atoms with Gasteiger partial charge in [-0.2, -0.15) is 0 Å². The molecule has 0 saturated heterocycles. The summed E-state index contributed by atoms with van der Waals surface area (Å²) >= 11 is 0. The predicted octanol–water partition coefficient (Wildman–Crippen LogP) is 6.88. The van der Waals surface area contributed by atoms with E-state index in [1.807, 2.05) is 81.4 Å². The molecular formula is C27H28O3. The number of rotatable bonds is 7. The van der Waals surface area contributed by atoms with Gasteiger partial charge in [-0.3, -0.25) is 4.79 Å². The van der Waals surface area contributed by atoms with E-state index in [4.69, 9.17) is 9.47 Å². The quantitative estimate of drug-likeness (QED) is 0.406. The number of Topliss-reactive ketones (excluding diaryl/α,β-unsaturated/α-hetero) is 1. The fourth-order valence-corrected chi connectivity index (χ4v) is 3.44. The highest BCUT2D eigenvalue weighted by Gasteiger charge is 2.16. The minimum absolute atomic E-state index is 0.0403. The number of allylic oxidation sites excluding steroid dienone is 2. The van der Waals surface area contributed by atoms with Crippen LogP contribution in [0.4, 0.5) is 0 Å². The topological polar surface area (TPSA) is 35.5 Å². The van der Waals surface area contributed by atoms with Crippen LogP contribution in [0.3, 0.4) is 0 Å². The Kier molecular flexibility index (Phi) is 6.73. The number of methoxy groups -OCH3 is 1. The number of carbonyl (C=O) groups excluding carboxylic acids is 1. The molecule has 154 valence electrons. The molecule has 3 aromatic rings. The van der Waals surface area contributed by atoms with E-state index in [1.165, 1.54) is 0 Å². The van der Waals surface area contributed by atoms with Crippen molar-refractivity contribution in [3.63, 3.8) is 0 Å². The predicted molar refractivity (Wildman–Crippen MR) is 123 cm³/mol. The Morgan fingerprint density at radius 1 is 0.933 bits per heavy atom. The summed E-state index contributed by atoms with van der Waals surface area (Å²) in [5.41, 5.74) is 6.89. The first kappa shape index (κ1) is 21.4. The Morgan fingerprint density at radius 3 is 2.30 bits per heavy atom. The van der Waals surface area contributed by atoms with Crippen LogP contribution < -0.4 is 9.47 Å². The van der Waals surface area contributed by atoms with Gasteiger partial charge in [-0.05, 0) is 79.3 Å². The molecule has 0 N–H and O–H groups in total. The average Bonchev–Trinajstić information content (AvgIpc) is 2.77. The van der Waals surface area contributed by atoms with Crippen LogP contribution >= 0.6 is 0 Å². The first-order chi connectivity index (χ1) is 14.4. The number of hydrogen-bond donors (Lipinski definition) is 0. The summed E-state index contributed by atoms with van der Waals surface area (Å²) in [5, 5.41) is 0. The van der Waals surface area contributed by atoms with Crippen molar-refractivity contribution in [2.24, 2.45) is 0 Å². The molecule has 0 aliphatic carbocycles. The maximum absolute atomic E-state index is 12.4. The average molecular weight is 401 g/mol. The highest BCUT2D eigenvalue weighted by Crippen LogP contribution is 2.38. The lowest BCUT2D eigenvalue weighted by Gasteiger charge is -2.17. The molecule has 0 saturated carbocycles. The smallest absolute Gasteiger partial charge is 0.161 e. The van der Waals surface area contributed by atoms with Crippen molar-refractivity contribution in [2.45, 2.75) is 34.3 Å². The third-order valence-electron chi connectivity index (χ3n) is 5.33. The minimum atomic E-state index is 0.0403. The van der Waals surface area contributed by atoms with Gasteiger partial charge in [0.2, 0.25) is 0 Å². The van der Waals surface area contributed by atoms with Gasteiger partial charge in [0, 0.05) is 5.56 Å². The van der Waals surface area contributed by atoms with Crippen LogP contribution in [0.1, 0.15) is 47.8 Å². The van der Waals surface area contributed by atoms with Gasteiger partial charge in [0.05, 0.1) is 7.11 Å². The van der Waals surface area contributed by atoms with E-state index in [2.05, 4.69) is 6.07 Å². The zero-order valence-electron chi connectivity index (χ0n) is 18.3. The van der Waals surface area contributed by atoms with E-state index < -0.39 is 0 Å². The van der Waals surface area contributed by atoms with Gasteiger partial charge in [-0.15, -0.1) is 0 Å². The molecule has 0 radical (unpaired) electrons. The maximum Gasteiger partial charge on any atom is 0.161 e. The van der Waals surface area contributed by atoms with Crippen molar-refractivity contribution in [1.29, 1.82) is 0 Å². The normalized spacial score (nSPS) is 11.3. The lowest BCUT2D eigenvalue weighted by molar-refractivity contribution is 0.101. The van der Waals surface area contributed by atoms with Crippen molar-refractivity contribution < 1.29 is 14.3 Å². The number of ketones is 1. The van der Waals surface area contributed by atoms with E-state index in [-0.39, 0.29) is 5.78 Å². The lowest BCUT2D eigenvalue weighted by Crippen LogP contribution is -2.01. The fraction of sp³-hybridized carbons (Fsp3) is 0.222. The second-order valence-electron chi connectivity index (χ2n) is 7.38. The summed E-state index contributed by atoms with van der Waals surface area (Å²) in [6.07, 6.45) is 2.05. The molecule has 30 heavy (non-hydrogen) atoms. The number of aryl methyl sites for hydroxylation is 1. The van der Waals surface area contributed by atoms with Crippen LogP contribution in [0.5, 0.6) is 11.5 Å². The second kappa shape index (κ2) is 9.45. The summed E-state index contributed by atoms with van der Waals surface area (Å²) in [4.78, 5) is 12.4. The highest BCUT2D eigenvalue weighted by atomic mass is 16.5. The van der Waals surface area contributed by atoms with E-state index in [0.29, 0.717) is 23.7 Å². The van der Waals surface area contributed by atoms with Crippen LogP contribution in [0.25, 0.3) is 16.7 Å². The van der Waals surface area contributed by atoms with Gasteiger partial charge >= 0.3 is 0 Å². The Morgan fingerprint density at radius 2 is 1.67 bits per heavy atom. The SMILES string of the molecule is C/C=C(\C)c1ccc(-c2cc(OC)c(OCc3ccccc3)cc2C)c(C(C)=O)c1. The summed E-state index contributed by atoms with van der Waals surface area (Å²) in [7, 11) is 1.63. The molecule has 3 rings (SSSR count). The molecule has 0 aliphatic rings. The number of hydrogen-bond acceptors (Lipinski definition) is 3. The number of ether oxygens (including phenoxy) is 2. The molecule has 3 nitrogen and oxygen atoms in total. The van der Waals surface area contributed by atoms with E-state index in [9.17, 15) is 4.79 Å². The number of benzene rings is 3. The first-order valence-corrected chi connectivity index (χ1v) is 10.1. The Labute approximate surface area is 179 Å². The third-order valence-corrected chi connectivity index (χ3v) is 5.33. The molecular weight excluding hydrogens is 372 g/mol. The van der Waals surface area contributed by atoms with Gasteiger partial charge in [0.1, 0.15) is 6.61 Å². The summed E-state index contributed by atoms with van der Waals surface area (Å²) in [5.74, 6) is 1.38. The number of carbonyl (C=O) groups is 1. The van der Waals surface area contributed by atoms with E-state index >= 15 is 0 Å². The zero-order chi connectivity index (χ0) is 21.7. The summed E-state index contributed by atoms with van der Waals surface area (Å²) in [6, 6.07) is 20.0. The second-order valence-corrected chi connectivity index (χ2v) is 7.38. The van der Waals surface area contributed by atoms with Crippen LogP contribution in [0.2, 0.25) is 0 Å². The lowest BCUT2D eigenvalue weighted by atomic mass is 9.91. The highest BCUT2D eigenvalue weighted by molar-refractivity contribution is 6.02. The van der Waals surface area contributed by atoms with Gasteiger partial charge in [0.25, 0.3) is 0 Å². The van der Waals surface area contributed by atoms with Crippen molar-refractivity contribution in [2.75, 3.05) is 7.11 Å². The van der Waals surface area contributed by atoms with E-state index in [1.54, 1.807) is 14.0 Å². The Bertz CT molecular complexity index is 1080. The van der Waals surface area contributed by atoms with Gasteiger partial charge in [-0.25, -0.2) is 0 Å². The van der Waals surface area contributed by atoms with Crippen molar-refractivity contribution in [3.05, 3.63) is 89.0 Å². The minimum Gasteiger partial charge on any atom is -0.493 e. The molecule has 0 spiro atoms. The first-order valence-electron chi connectivity index (χ1n) is 10.1. The molecule has 0 bridgehead atoms. The largest absolute Gasteiger partial charge is 0.493 e. The molecule has 0 aromatic heterocycles. The van der Waals surface area contributed by atoms with Gasteiger partial charge in [-0.1, -0.05) is 48.5 Å². The third kappa shape index (κ3) is 4.62. The van der Waals surface area contributed by atoms with Crippen molar-refractivity contribution in [3.8, 4) is 22.6 Å². The zero-order valence-corrected chi connectivity index (χ0v) is 18.3. The molecule has 3 heteroatoms. The van der Waals surface area contributed by atoms with Crippen molar-refractivity contribution in [1.82, 2.24) is 0 Å². The summed E-state index contributed by atoms with van der Waals surface area (Å²) in [6.45, 7) is 8.15. The molecule has 0 aliphatic heterocycles. The molecule has 0 unspecified atom stereocenters. The Hall–Kier alpha value is -3.33. The van der Waals surface area contributed by atoms with Gasteiger partial charge < -0.3 is 9.47 Å².